The summed E-state index contributed by atoms with van der Waals surface area (Å²) in [7, 11) is -0.385. The number of sulfonamides is 1. The number of benzene rings is 2. The van der Waals surface area contributed by atoms with Crippen LogP contribution in [-0.2, 0) is 16.4 Å². The molecule has 8 heteroatoms. The van der Waals surface area contributed by atoms with Crippen molar-refractivity contribution in [1.82, 2.24) is 9.71 Å². The summed E-state index contributed by atoms with van der Waals surface area (Å²) in [6.45, 7) is 0.282. The van der Waals surface area contributed by atoms with E-state index in [1.54, 1.807) is 19.2 Å². The second kappa shape index (κ2) is 8.51. The third kappa shape index (κ3) is 4.85. The molecule has 0 spiro atoms. The lowest BCUT2D eigenvalue weighted by Crippen LogP contribution is -2.25. The number of ether oxygens (including phenoxy) is 2. The van der Waals surface area contributed by atoms with Crippen LogP contribution < -0.4 is 14.2 Å². The number of methoxy groups -OCH3 is 2. The second-order valence-corrected chi connectivity index (χ2v) is 8.39. The second-order valence-electron chi connectivity index (χ2n) is 5.68. The number of rotatable bonds is 8. The number of hydrogen-bond acceptors (Lipinski definition) is 6. The van der Waals surface area contributed by atoms with Gasteiger partial charge in [-0.1, -0.05) is 0 Å². The molecule has 0 atom stereocenters. The van der Waals surface area contributed by atoms with Crippen LogP contribution in [0.3, 0.4) is 0 Å². The summed E-state index contributed by atoms with van der Waals surface area (Å²) < 4.78 is 37.5. The molecule has 1 heterocycles. The predicted molar refractivity (Wildman–Crippen MR) is 106 cm³/mol. The Morgan fingerprint density at radius 2 is 1.56 bits per heavy atom. The third-order valence-electron chi connectivity index (χ3n) is 3.94. The fourth-order valence-electron chi connectivity index (χ4n) is 2.45. The smallest absolute Gasteiger partial charge is 0.240 e. The highest BCUT2D eigenvalue weighted by Gasteiger charge is 2.14. The number of nitrogens with one attached hydrogen (secondary N) is 1. The molecule has 6 nitrogen and oxygen atoms in total. The van der Waals surface area contributed by atoms with E-state index < -0.39 is 10.0 Å². The molecule has 3 rings (SSSR count). The van der Waals surface area contributed by atoms with Crippen LogP contribution in [0.15, 0.2) is 58.8 Å². The van der Waals surface area contributed by atoms with Crippen molar-refractivity contribution in [2.45, 2.75) is 11.3 Å². The van der Waals surface area contributed by atoms with Crippen LogP contribution in [0.1, 0.15) is 5.01 Å². The molecule has 0 saturated carbocycles. The van der Waals surface area contributed by atoms with Crippen molar-refractivity contribution in [3.05, 3.63) is 58.9 Å². The van der Waals surface area contributed by atoms with Gasteiger partial charge in [-0.15, -0.1) is 11.3 Å². The highest BCUT2D eigenvalue weighted by atomic mass is 32.2. The number of thiazole rings is 1. The Kier molecular flexibility index (Phi) is 6.10. The molecule has 0 unspecified atom stereocenters. The van der Waals surface area contributed by atoms with Crippen LogP contribution in [-0.4, -0.2) is 34.2 Å². The fourth-order valence-corrected chi connectivity index (χ4v) is 4.29. The lowest BCUT2D eigenvalue weighted by Gasteiger charge is -2.06. The average molecular weight is 405 g/mol. The highest BCUT2D eigenvalue weighted by Crippen LogP contribution is 2.24. The first-order chi connectivity index (χ1) is 13.0. The van der Waals surface area contributed by atoms with Gasteiger partial charge in [-0.3, -0.25) is 0 Å². The van der Waals surface area contributed by atoms with Gasteiger partial charge in [-0.05, 0) is 48.5 Å². The van der Waals surface area contributed by atoms with E-state index in [0.29, 0.717) is 12.2 Å². The van der Waals surface area contributed by atoms with E-state index >= 15 is 0 Å². The molecule has 1 N–H and O–H groups in total. The zero-order valence-electron chi connectivity index (χ0n) is 15.0. The zero-order valence-corrected chi connectivity index (χ0v) is 16.6. The first-order valence-electron chi connectivity index (χ1n) is 8.24. The van der Waals surface area contributed by atoms with Crippen LogP contribution >= 0.6 is 11.3 Å². The average Bonchev–Trinajstić information content (AvgIpc) is 3.17. The maximum Gasteiger partial charge on any atom is 0.240 e. The van der Waals surface area contributed by atoms with Crippen molar-refractivity contribution in [3.63, 3.8) is 0 Å². The monoisotopic (exact) mass is 404 g/mol. The van der Waals surface area contributed by atoms with Crippen LogP contribution in [0.5, 0.6) is 11.5 Å². The molecular formula is C19H20N2O4S2. The van der Waals surface area contributed by atoms with Crippen molar-refractivity contribution >= 4 is 21.4 Å². The summed E-state index contributed by atoms with van der Waals surface area (Å²) in [6, 6.07) is 14.0. The molecule has 0 aliphatic rings. The van der Waals surface area contributed by atoms with Gasteiger partial charge in [-0.25, -0.2) is 18.1 Å². The predicted octanol–water partition coefficient (Wildman–Crippen LogP) is 3.35. The van der Waals surface area contributed by atoms with Gasteiger partial charge >= 0.3 is 0 Å². The minimum atomic E-state index is -3.55. The van der Waals surface area contributed by atoms with E-state index in [-0.39, 0.29) is 11.4 Å². The van der Waals surface area contributed by atoms with Crippen LogP contribution in [0.4, 0.5) is 0 Å². The van der Waals surface area contributed by atoms with E-state index in [1.165, 1.54) is 30.6 Å². The quantitative estimate of drug-likeness (QED) is 0.623. The molecule has 0 bridgehead atoms. The first-order valence-corrected chi connectivity index (χ1v) is 10.6. The molecule has 0 fully saturated rings. The molecule has 0 saturated heterocycles. The zero-order chi connectivity index (χ0) is 19.3. The van der Waals surface area contributed by atoms with E-state index in [9.17, 15) is 8.42 Å². The van der Waals surface area contributed by atoms with Gasteiger partial charge in [0.1, 0.15) is 11.5 Å². The van der Waals surface area contributed by atoms with Gasteiger partial charge in [0.2, 0.25) is 10.0 Å². The van der Waals surface area contributed by atoms with Crippen molar-refractivity contribution in [2.24, 2.45) is 0 Å². The summed E-state index contributed by atoms with van der Waals surface area (Å²) in [5, 5.41) is 2.84. The van der Waals surface area contributed by atoms with Gasteiger partial charge in [0.25, 0.3) is 0 Å². The summed E-state index contributed by atoms with van der Waals surface area (Å²) in [5.41, 5.74) is 1.87. The van der Waals surface area contributed by atoms with E-state index in [0.717, 1.165) is 22.0 Å². The van der Waals surface area contributed by atoms with Crippen molar-refractivity contribution in [3.8, 4) is 22.8 Å². The van der Waals surface area contributed by atoms with Gasteiger partial charge in [0.15, 0.2) is 0 Å². The fraction of sp³-hybridized carbons (Fsp3) is 0.211. The molecule has 142 valence electrons. The molecule has 1 aromatic heterocycles. The molecule has 3 aromatic rings. The molecule has 0 aliphatic carbocycles. The summed E-state index contributed by atoms with van der Waals surface area (Å²) in [5.74, 6) is 1.41. The minimum absolute atomic E-state index is 0.210. The Balaban J connectivity index is 1.59. The Morgan fingerprint density at radius 3 is 2.15 bits per heavy atom. The minimum Gasteiger partial charge on any atom is -0.497 e. The van der Waals surface area contributed by atoms with Crippen molar-refractivity contribution in [1.29, 1.82) is 0 Å². The highest BCUT2D eigenvalue weighted by molar-refractivity contribution is 7.89. The van der Waals surface area contributed by atoms with Gasteiger partial charge < -0.3 is 9.47 Å². The van der Waals surface area contributed by atoms with E-state index in [4.69, 9.17) is 9.47 Å². The van der Waals surface area contributed by atoms with Gasteiger partial charge in [-0.2, -0.15) is 0 Å². The molecule has 0 amide bonds. The number of nitrogens with zero attached hydrogens (tertiary/aromatic N) is 1. The standard InChI is InChI=1S/C19H20N2O4S2/c1-24-15-5-3-14(4-6-15)18-13-26-19(21-18)11-12-20-27(22,23)17-9-7-16(25-2)8-10-17/h3-10,13,20H,11-12H2,1-2H3. The first kappa shape index (κ1) is 19.3. The summed E-state index contributed by atoms with van der Waals surface area (Å²) in [4.78, 5) is 4.79. The van der Waals surface area contributed by atoms with Crippen molar-refractivity contribution < 1.29 is 17.9 Å². The lowest BCUT2D eigenvalue weighted by atomic mass is 10.2. The van der Waals surface area contributed by atoms with E-state index in [1.807, 2.05) is 29.6 Å². The maximum absolute atomic E-state index is 12.3. The Labute approximate surface area is 162 Å². The number of hydrogen-bond donors (Lipinski definition) is 1. The maximum atomic E-state index is 12.3. The molecule has 2 aromatic carbocycles. The lowest BCUT2D eigenvalue weighted by molar-refractivity contribution is 0.414. The summed E-state index contributed by atoms with van der Waals surface area (Å²) >= 11 is 1.51. The Bertz CT molecular complexity index is 981. The normalized spacial score (nSPS) is 11.3. The third-order valence-corrected chi connectivity index (χ3v) is 6.32. The Morgan fingerprint density at radius 1 is 0.963 bits per heavy atom. The van der Waals surface area contributed by atoms with Crippen molar-refractivity contribution in [2.75, 3.05) is 20.8 Å². The Hall–Kier alpha value is -2.42. The number of aromatic nitrogens is 1. The SMILES string of the molecule is COc1ccc(-c2csc(CCNS(=O)(=O)c3ccc(OC)cc3)n2)cc1. The van der Waals surface area contributed by atoms with Crippen LogP contribution in [0.2, 0.25) is 0 Å². The molecule has 0 radical (unpaired) electrons. The topological polar surface area (TPSA) is 77.5 Å². The van der Waals surface area contributed by atoms with Gasteiger partial charge in [0.05, 0.1) is 29.8 Å². The van der Waals surface area contributed by atoms with Crippen LogP contribution in [0, 0.1) is 0 Å². The molecular weight excluding hydrogens is 384 g/mol. The van der Waals surface area contributed by atoms with Crippen LogP contribution in [0.25, 0.3) is 11.3 Å². The largest absolute Gasteiger partial charge is 0.497 e. The van der Waals surface area contributed by atoms with E-state index in [2.05, 4.69) is 9.71 Å². The summed E-state index contributed by atoms with van der Waals surface area (Å²) in [6.07, 6.45) is 0.524. The molecule has 27 heavy (non-hydrogen) atoms. The van der Waals surface area contributed by atoms with Gasteiger partial charge in [0, 0.05) is 23.9 Å². The molecule has 0 aliphatic heterocycles.